The lowest BCUT2D eigenvalue weighted by molar-refractivity contribution is 0.0771. The Morgan fingerprint density at radius 1 is 1.11 bits per heavy atom. The summed E-state index contributed by atoms with van der Waals surface area (Å²) in [7, 11) is -3.54. The number of carbonyl (C=O) groups excluding carboxylic acids is 2. The average molecular weight is 535 g/mol. The second-order valence-electron chi connectivity index (χ2n) is 7.98. The lowest BCUT2D eigenvalue weighted by atomic mass is 10.2. The van der Waals surface area contributed by atoms with Crippen LogP contribution in [-0.4, -0.2) is 75.7 Å². The van der Waals surface area contributed by atoms with E-state index < -0.39 is 21.8 Å². The van der Waals surface area contributed by atoms with Crippen molar-refractivity contribution in [3.63, 3.8) is 0 Å². The largest absolute Gasteiger partial charge is 0.342 e. The molecule has 0 spiro atoms. The smallest absolute Gasteiger partial charge is 0.255 e. The number of hydrogen-bond donors (Lipinski definition) is 1. The molecule has 0 aliphatic carbocycles. The van der Waals surface area contributed by atoms with E-state index in [0.717, 1.165) is 17.8 Å². The van der Waals surface area contributed by atoms with Gasteiger partial charge in [0.25, 0.3) is 11.8 Å². The normalized spacial score (nSPS) is 15.0. The number of nitrogens with zero attached hydrogens (tertiary/aromatic N) is 5. The van der Waals surface area contributed by atoms with Crippen LogP contribution in [0.4, 0.5) is 0 Å². The van der Waals surface area contributed by atoms with E-state index in [0.29, 0.717) is 30.3 Å². The number of nitrogens with one attached hydrogen (secondary N) is 1. The van der Waals surface area contributed by atoms with E-state index >= 15 is 0 Å². The molecule has 1 N–H and O–H groups in total. The Labute approximate surface area is 212 Å². The fourth-order valence-electron chi connectivity index (χ4n) is 3.56. The van der Waals surface area contributed by atoms with Crippen molar-refractivity contribution in [1.82, 2.24) is 30.0 Å². The number of pyridine rings is 1. The fourth-order valence-corrected chi connectivity index (χ4v) is 5.45. The predicted octanol–water partition coefficient (Wildman–Crippen LogP) is 2.40. The van der Waals surface area contributed by atoms with Crippen molar-refractivity contribution in [2.24, 2.45) is 0 Å². The maximum absolute atomic E-state index is 12.8. The van der Waals surface area contributed by atoms with E-state index in [1.54, 1.807) is 19.1 Å². The Balaban J connectivity index is 1.51. The van der Waals surface area contributed by atoms with Crippen molar-refractivity contribution >= 4 is 45.0 Å². The van der Waals surface area contributed by atoms with Crippen LogP contribution in [0.2, 0.25) is 5.02 Å². The van der Waals surface area contributed by atoms with Gasteiger partial charge < -0.3 is 10.2 Å². The molecule has 1 atom stereocenters. The maximum atomic E-state index is 12.8. The van der Waals surface area contributed by atoms with Crippen LogP contribution in [-0.2, 0) is 9.84 Å². The second kappa shape index (κ2) is 10.3. The van der Waals surface area contributed by atoms with Crippen molar-refractivity contribution in [2.75, 3.05) is 30.9 Å². The number of hydrogen-bond acceptors (Lipinski definition) is 8. The van der Waals surface area contributed by atoms with Crippen LogP contribution in [0.25, 0.3) is 5.82 Å². The van der Waals surface area contributed by atoms with Gasteiger partial charge in [-0.15, -0.1) is 0 Å². The molecular weight excluding hydrogens is 512 g/mol. The Morgan fingerprint density at radius 3 is 2.51 bits per heavy atom. The van der Waals surface area contributed by atoms with Gasteiger partial charge in [-0.1, -0.05) is 11.6 Å². The molecule has 2 aromatic heterocycles. The van der Waals surface area contributed by atoms with E-state index in [4.69, 9.17) is 11.6 Å². The van der Waals surface area contributed by atoms with Crippen LogP contribution in [0.1, 0.15) is 39.5 Å². The van der Waals surface area contributed by atoms with Gasteiger partial charge >= 0.3 is 0 Å². The van der Waals surface area contributed by atoms with Crippen LogP contribution in [0.15, 0.2) is 47.8 Å². The van der Waals surface area contributed by atoms with Crippen LogP contribution < -0.4 is 5.32 Å². The van der Waals surface area contributed by atoms with Crippen LogP contribution in [0, 0.1) is 0 Å². The molecule has 1 aliphatic rings. The molecular formula is C22H23ClN6O4S2. The molecule has 10 nitrogen and oxygen atoms in total. The molecule has 1 saturated heterocycles. The number of carbonyl (C=O) groups is 2. The molecule has 3 heterocycles. The third-order valence-corrected chi connectivity index (χ3v) is 7.63. The first-order chi connectivity index (χ1) is 16.6. The Morgan fingerprint density at radius 2 is 1.86 bits per heavy atom. The molecule has 3 aromatic rings. The molecule has 1 fully saturated rings. The lowest BCUT2D eigenvalue weighted by Crippen LogP contribution is -2.37. The third-order valence-electron chi connectivity index (χ3n) is 5.38. The number of halogens is 1. The molecule has 35 heavy (non-hydrogen) atoms. The first kappa shape index (κ1) is 25.1. The number of thioether (sulfide) groups is 1. The maximum Gasteiger partial charge on any atom is 0.255 e. The molecule has 13 heteroatoms. The molecule has 0 unspecified atom stereocenters. The number of rotatable bonds is 6. The zero-order valence-electron chi connectivity index (χ0n) is 19.0. The van der Waals surface area contributed by atoms with Crippen molar-refractivity contribution < 1.29 is 18.0 Å². The lowest BCUT2D eigenvalue weighted by Gasteiger charge is -2.26. The first-order valence-electron chi connectivity index (χ1n) is 10.7. The number of aromatic nitrogens is 4. The zero-order chi connectivity index (χ0) is 25.2. The van der Waals surface area contributed by atoms with Crippen LogP contribution in [0.5, 0.6) is 0 Å². The molecule has 0 saturated carbocycles. The summed E-state index contributed by atoms with van der Waals surface area (Å²) in [6, 6.07) is 6.72. The molecule has 4 rings (SSSR count). The van der Waals surface area contributed by atoms with E-state index in [-0.39, 0.29) is 21.4 Å². The van der Waals surface area contributed by atoms with Gasteiger partial charge in [-0.05, 0) is 37.3 Å². The summed E-state index contributed by atoms with van der Waals surface area (Å²) in [5.41, 5.74) is 0.597. The molecule has 184 valence electrons. The van der Waals surface area contributed by atoms with Gasteiger partial charge in [0.15, 0.2) is 21.5 Å². The minimum Gasteiger partial charge on any atom is -0.342 e. The van der Waals surface area contributed by atoms with Gasteiger partial charge in [-0.3, -0.25) is 9.59 Å². The summed E-state index contributed by atoms with van der Waals surface area (Å²) in [5, 5.41) is 7.12. The van der Waals surface area contributed by atoms with Gasteiger partial charge in [0.2, 0.25) is 0 Å². The molecule has 2 amide bonds. The van der Waals surface area contributed by atoms with Crippen molar-refractivity contribution in [1.29, 1.82) is 0 Å². The second-order valence-corrected chi connectivity index (χ2v) is 11.7. The minimum absolute atomic E-state index is 0.0480. The summed E-state index contributed by atoms with van der Waals surface area (Å²) >= 11 is 7.85. The average Bonchev–Trinajstić information content (AvgIpc) is 3.33. The van der Waals surface area contributed by atoms with Crippen molar-refractivity contribution in [3.8, 4) is 5.82 Å². The molecule has 1 aromatic carbocycles. The monoisotopic (exact) mass is 534 g/mol. The summed E-state index contributed by atoms with van der Waals surface area (Å²) in [5.74, 6) is 2.11. The highest BCUT2D eigenvalue weighted by molar-refractivity contribution is 7.99. The Kier molecular flexibility index (Phi) is 7.43. The predicted molar refractivity (Wildman–Crippen MR) is 133 cm³/mol. The highest BCUT2D eigenvalue weighted by Gasteiger charge is 2.22. The highest BCUT2D eigenvalue weighted by atomic mass is 35.5. The standard InChI is InChI=1S/C22H23ClN6O4S2/c1-14(27-21(30)16-9-17(23)11-18(10-16)35(2,32)33)20-25-13-26-29(20)19-4-3-15(12-24-19)22(31)28-5-7-34-8-6-28/h3-4,9-14H,5-8H2,1-2H3,(H,27,30)/t14-/m0/s1. The molecule has 0 bridgehead atoms. The van der Waals surface area contributed by atoms with E-state index in [1.807, 2.05) is 16.7 Å². The van der Waals surface area contributed by atoms with Gasteiger partial charge in [0.1, 0.15) is 6.33 Å². The zero-order valence-corrected chi connectivity index (χ0v) is 21.4. The molecule has 1 aliphatic heterocycles. The Hall–Kier alpha value is -2.96. The van der Waals surface area contributed by atoms with Gasteiger partial charge in [-0.25, -0.2) is 18.4 Å². The van der Waals surface area contributed by atoms with Crippen LogP contribution in [0.3, 0.4) is 0 Å². The van der Waals surface area contributed by atoms with Gasteiger partial charge in [0, 0.05) is 47.6 Å². The van der Waals surface area contributed by atoms with E-state index in [1.165, 1.54) is 35.4 Å². The SMILES string of the molecule is C[C@H](NC(=O)c1cc(Cl)cc(S(C)(=O)=O)c1)c1ncnn1-c1ccc(C(=O)N2CCSCC2)cn1. The van der Waals surface area contributed by atoms with Gasteiger partial charge in [-0.2, -0.15) is 21.5 Å². The van der Waals surface area contributed by atoms with Crippen LogP contribution >= 0.6 is 23.4 Å². The van der Waals surface area contributed by atoms with E-state index in [9.17, 15) is 18.0 Å². The van der Waals surface area contributed by atoms with Gasteiger partial charge in [0.05, 0.1) is 16.5 Å². The topological polar surface area (TPSA) is 127 Å². The quantitative estimate of drug-likeness (QED) is 0.510. The minimum atomic E-state index is -3.54. The van der Waals surface area contributed by atoms with E-state index in [2.05, 4.69) is 20.4 Å². The number of amides is 2. The Bertz CT molecular complexity index is 1350. The molecule has 0 radical (unpaired) electrons. The summed E-state index contributed by atoms with van der Waals surface area (Å²) in [6.07, 6.45) is 3.89. The summed E-state index contributed by atoms with van der Waals surface area (Å²) in [6.45, 7) is 3.15. The van der Waals surface area contributed by atoms with Crippen molar-refractivity contribution in [3.05, 3.63) is 64.8 Å². The number of sulfone groups is 1. The fraction of sp³-hybridized carbons (Fsp3) is 0.318. The summed E-state index contributed by atoms with van der Waals surface area (Å²) < 4.78 is 25.2. The summed E-state index contributed by atoms with van der Waals surface area (Å²) in [4.78, 5) is 35.9. The van der Waals surface area contributed by atoms with Crippen molar-refractivity contribution in [2.45, 2.75) is 17.9 Å². The highest BCUT2D eigenvalue weighted by Crippen LogP contribution is 2.21. The third kappa shape index (κ3) is 5.82. The first-order valence-corrected chi connectivity index (χ1v) is 14.1. The number of benzene rings is 1.